The standard InChI is InChI=1S/C16H14F3NO/c17-16(18,19)13-2-4-14(5-3-13)20-10-11-1-6-15-12(9-11)7-8-21-15/h1-6,9,20H,7-8,10H2. The highest BCUT2D eigenvalue weighted by Crippen LogP contribution is 2.30. The maximum Gasteiger partial charge on any atom is 0.416 e. The Balaban J connectivity index is 1.65. The molecule has 0 amide bonds. The summed E-state index contributed by atoms with van der Waals surface area (Å²) in [5.74, 6) is 0.924. The fourth-order valence-electron chi connectivity index (χ4n) is 2.33. The van der Waals surface area contributed by atoms with Gasteiger partial charge in [0.1, 0.15) is 5.75 Å². The topological polar surface area (TPSA) is 21.3 Å². The van der Waals surface area contributed by atoms with Gasteiger partial charge in [-0.25, -0.2) is 0 Å². The lowest BCUT2D eigenvalue weighted by Gasteiger charge is -2.10. The lowest BCUT2D eigenvalue weighted by molar-refractivity contribution is -0.137. The van der Waals surface area contributed by atoms with E-state index in [2.05, 4.69) is 11.4 Å². The fourth-order valence-corrected chi connectivity index (χ4v) is 2.33. The third kappa shape index (κ3) is 3.12. The minimum absolute atomic E-state index is 0.568. The number of halogens is 3. The van der Waals surface area contributed by atoms with Crippen LogP contribution in [-0.4, -0.2) is 6.61 Å². The molecule has 0 radical (unpaired) electrons. The summed E-state index contributed by atoms with van der Waals surface area (Å²) >= 11 is 0. The van der Waals surface area contributed by atoms with Crippen molar-refractivity contribution in [3.8, 4) is 5.75 Å². The first-order chi connectivity index (χ1) is 10.0. The highest BCUT2D eigenvalue weighted by Gasteiger charge is 2.29. The molecular formula is C16H14F3NO. The molecule has 1 aliphatic heterocycles. The summed E-state index contributed by atoms with van der Waals surface area (Å²) < 4.78 is 42.8. The fraction of sp³-hybridized carbons (Fsp3) is 0.250. The molecule has 0 saturated carbocycles. The summed E-state index contributed by atoms with van der Waals surface area (Å²) in [7, 11) is 0. The molecule has 0 saturated heterocycles. The van der Waals surface area contributed by atoms with Gasteiger partial charge in [-0.1, -0.05) is 12.1 Å². The molecule has 0 fully saturated rings. The van der Waals surface area contributed by atoms with Gasteiger partial charge < -0.3 is 10.1 Å². The molecule has 2 nitrogen and oxygen atoms in total. The van der Waals surface area contributed by atoms with Gasteiger partial charge in [0, 0.05) is 18.7 Å². The zero-order valence-corrected chi connectivity index (χ0v) is 11.2. The van der Waals surface area contributed by atoms with Crippen LogP contribution in [0.3, 0.4) is 0 Å². The van der Waals surface area contributed by atoms with Crippen LogP contribution in [0.1, 0.15) is 16.7 Å². The first-order valence-electron chi connectivity index (χ1n) is 6.68. The van der Waals surface area contributed by atoms with Crippen molar-refractivity contribution in [2.24, 2.45) is 0 Å². The smallest absolute Gasteiger partial charge is 0.416 e. The maximum atomic E-state index is 12.5. The van der Waals surface area contributed by atoms with Crippen molar-refractivity contribution in [2.45, 2.75) is 19.1 Å². The molecule has 1 aliphatic rings. The third-order valence-corrected chi connectivity index (χ3v) is 3.46. The Morgan fingerprint density at radius 2 is 1.81 bits per heavy atom. The van der Waals surface area contributed by atoms with Crippen LogP contribution in [-0.2, 0) is 19.1 Å². The van der Waals surface area contributed by atoms with Crippen molar-refractivity contribution < 1.29 is 17.9 Å². The first-order valence-corrected chi connectivity index (χ1v) is 6.68. The number of anilines is 1. The van der Waals surface area contributed by atoms with E-state index in [0.717, 1.165) is 29.9 Å². The largest absolute Gasteiger partial charge is 0.493 e. The number of alkyl halides is 3. The zero-order chi connectivity index (χ0) is 14.9. The Morgan fingerprint density at radius 3 is 2.52 bits per heavy atom. The first kappa shape index (κ1) is 13.8. The molecule has 0 aromatic heterocycles. The van der Waals surface area contributed by atoms with Crippen molar-refractivity contribution in [2.75, 3.05) is 11.9 Å². The van der Waals surface area contributed by atoms with Crippen LogP contribution in [0.5, 0.6) is 5.75 Å². The molecule has 0 aliphatic carbocycles. The van der Waals surface area contributed by atoms with Gasteiger partial charge in [0.05, 0.1) is 12.2 Å². The number of fused-ring (bicyclic) bond motifs is 1. The van der Waals surface area contributed by atoms with Crippen LogP contribution in [0.2, 0.25) is 0 Å². The normalized spacial score (nSPS) is 13.7. The van der Waals surface area contributed by atoms with Gasteiger partial charge in [0.15, 0.2) is 0 Å². The molecule has 5 heteroatoms. The van der Waals surface area contributed by atoms with Crippen LogP contribution in [0.15, 0.2) is 42.5 Å². The second-order valence-corrected chi connectivity index (χ2v) is 4.97. The number of ether oxygens (including phenoxy) is 1. The SMILES string of the molecule is FC(F)(F)c1ccc(NCc2ccc3c(c2)CCO3)cc1. The number of nitrogens with one attached hydrogen (secondary N) is 1. The molecule has 1 N–H and O–H groups in total. The van der Waals surface area contributed by atoms with Crippen LogP contribution in [0.4, 0.5) is 18.9 Å². The van der Waals surface area contributed by atoms with Crippen LogP contribution < -0.4 is 10.1 Å². The van der Waals surface area contributed by atoms with Crippen molar-refractivity contribution in [1.82, 2.24) is 0 Å². The van der Waals surface area contributed by atoms with E-state index in [1.807, 2.05) is 12.1 Å². The predicted octanol–water partition coefficient (Wildman–Crippen LogP) is 4.25. The maximum absolute atomic E-state index is 12.5. The summed E-state index contributed by atoms with van der Waals surface area (Å²) in [4.78, 5) is 0. The van der Waals surface area contributed by atoms with E-state index in [0.29, 0.717) is 18.8 Å². The molecule has 2 aromatic rings. The molecule has 21 heavy (non-hydrogen) atoms. The van der Waals surface area contributed by atoms with Crippen LogP contribution in [0, 0.1) is 0 Å². The van der Waals surface area contributed by atoms with E-state index in [1.165, 1.54) is 17.7 Å². The van der Waals surface area contributed by atoms with Crippen molar-refractivity contribution in [1.29, 1.82) is 0 Å². The molecule has 0 unspecified atom stereocenters. The Morgan fingerprint density at radius 1 is 1.05 bits per heavy atom. The summed E-state index contributed by atoms with van der Waals surface area (Å²) in [5.41, 5.74) is 2.29. The Bertz CT molecular complexity index is 635. The highest BCUT2D eigenvalue weighted by molar-refractivity contribution is 5.47. The minimum atomic E-state index is -4.29. The monoisotopic (exact) mass is 293 g/mol. The van der Waals surface area contributed by atoms with E-state index < -0.39 is 11.7 Å². The van der Waals surface area contributed by atoms with Crippen LogP contribution >= 0.6 is 0 Å². The van der Waals surface area contributed by atoms with E-state index in [-0.39, 0.29) is 0 Å². The van der Waals surface area contributed by atoms with Crippen LogP contribution in [0.25, 0.3) is 0 Å². The second kappa shape index (κ2) is 5.31. The predicted molar refractivity (Wildman–Crippen MR) is 74.4 cm³/mol. The number of hydrogen-bond acceptors (Lipinski definition) is 2. The Labute approximate surface area is 120 Å². The van der Waals surface area contributed by atoms with Gasteiger partial charge in [-0.2, -0.15) is 13.2 Å². The van der Waals surface area contributed by atoms with Gasteiger partial charge in [-0.15, -0.1) is 0 Å². The number of benzene rings is 2. The molecule has 0 atom stereocenters. The summed E-state index contributed by atoms with van der Waals surface area (Å²) in [6.07, 6.45) is -3.39. The van der Waals surface area contributed by atoms with Gasteiger partial charge in [0.2, 0.25) is 0 Å². The van der Waals surface area contributed by atoms with Gasteiger partial charge in [0.25, 0.3) is 0 Å². The van der Waals surface area contributed by atoms with E-state index in [9.17, 15) is 13.2 Å². The van der Waals surface area contributed by atoms with E-state index in [1.54, 1.807) is 0 Å². The van der Waals surface area contributed by atoms with Gasteiger partial charge in [-0.05, 0) is 41.5 Å². The summed E-state index contributed by atoms with van der Waals surface area (Å²) in [6.45, 7) is 1.28. The number of hydrogen-bond donors (Lipinski definition) is 1. The van der Waals surface area contributed by atoms with Gasteiger partial charge in [-0.3, -0.25) is 0 Å². The van der Waals surface area contributed by atoms with Crippen molar-refractivity contribution >= 4 is 5.69 Å². The van der Waals surface area contributed by atoms with Gasteiger partial charge >= 0.3 is 6.18 Å². The van der Waals surface area contributed by atoms with E-state index >= 15 is 0 Å². The van der Waals surface area contributed by atoms with Crippen molar-refractivity contribution in [3.63, 3.8) is 0 Å². The highest BCUT2D eigenvalue weighted by atomic mass is 19.4. The minimum Gasteiger partial charge on any atom is -0.493 e. The Hall–Kier alpha value is -2.17. The van der Waals surface area contributed by atoms with Crippen molar-refractivity contribution in [3.05, 3.63) is 59.2 Å². The number of rotatable bonds is 3. The molecule has 0 spiro atoms. The lowest BCUT2D eigenvalue weighted by Crippen LogP contribution is -2.05. The quantitative estimate of drug-likeness (QED) is 0.913. The summed E-state index contributed by atoms with van der Waals surface area (Å²) in [5, 5.41) is 3.12. The average molecular weight is 293 g/mol. The van der Waals surface area contributed by atoms with E-state index in [4.69, 9.17) is 4.74 Å². The molecule has 2 aromatic carbocycles. The molecule has 1 heterocycles. The summed E-state index contributed by atoms with van der Waals surface area (Å²) in [6, 6.07) is 11.0. The zero-order valence-electron chi connectivity index (χ0n) is 11.2. The molecule has 3 rings (SSSR count). The average Bonchev–Trinajstić information content (AvgIpc) is 2.92. The Kier molecular flexibility index (Phi) is 3.49. The molecule has 0 bridgehead atoms. The molecular weight excluding hydrogens is 279 g/mol. The second-order valence-electron chi connectivity index (χ2n) is 4.97. The third-order valence-electron chi connectivity index (χ3n) is 3.46. The lowest BCUT2D eigenvalue weighted by atomic mass is 10.1. The molecule has 110 valence electrons.